The maximum absolute atomic E-state index is 12.8. The molecule has 0 aliphatic rings. The average Bonchev–Trinajstić information content (AvgIpc) is 2.43. The summed E-state index contributed by atoms with van der Waals surface area (Å²) in [5, 5.41) is 0.684. The van der Waals surface area contributed by atoms with Gasteiger partial charge in [-0.05, 0) is 24.1 Å². The number of hydrogen-bond donors (Lipinski definition) is 0. The van der Waals surface area contributed by atoms with Crippen LogP contribution in [0.15, 0.2) is 24.3 Å². The van der Waals surface area contributed by atoms with Crippen molar-refractivity contribution in [3.63, 3.8) is 0 Å². The predicted molar refractivity (Wildman–Crippen MR) is 76.2 cm³/mol. The second-order valence-electron chi connectivity index (χ2n) is 4.02. The van der Waals surface area contributed by atoms with Crippen LogP contribution in [0.5, 0.6) is 0 Å². The minimum Gasteiger partial charge on any atom is -0.382 e. The zero-order valence-corrected chi connectivity index (χ0v) is 12.7. The summed E-state index contributed by atoms with van der Waals surface area (Å²) >= 11 is 3.41. The number of halogens is 2. The van der Waals surface area contributed by atoms with Gasteiger partial charge in [-0.25, -0.2) is 4.39 Å². The number of benzene rings is 1. The predicted octanol–water partition coefficient (Wildman–Crippen LogP) is 3.33. The van der Waals surface area contributed by atoms with Crippen LogP contribution in [0.25, 0.3) is 0 Å². The molecule has 1 atom stereocenters. The molecule has 108 valence electrons. The summed E-state index contributed by atoms with van der Waals surface area (Å²) in [5.74, 6) is -0.233. The van der Waals surface area contributed by atoms with Crippen molar-refractivity contribution in [2.75, 3.05) is 38.9 Å². The molecule has 0 amide bonds. The molecule has 0 radical (unpaired) electrons. The Morgan fingerprint density at radius 3 is 2.47 bits per heavy atom. The van der Waals surface area contributed by atoms with E-state index < -0.39 is 0 Å². The van der Waals surface area contributed by atoms with Crippen molar-refractivity contribution in [2.45, 2.75) is 12.5 Å². The summed E-state index contributed by atoms with van der Waals surface area (Å²) in [7, 11) is 1.65. The van der Waals surface area contributed by atoms with Gasteiger partial charge in [0.15, 0.2) is 0 Å². The molecule has 0 aromatic heterocycles. The van der Waals surface area contributed by atoms with Gasteiger partial charge in [0.25, 0.3) is 0 Å². The molecule has 0 heterocycles. The van der Waals surface area contributed by atoms with E-state index in [1.807, 2.05) is 0 Å². The smallest absolute Gasteiger partial charge is 0.123 e. The Kier molecular flexibility index (Phi) is 8.99. The van der Waals surface area contributed by atoms with E-state index in [1.165, 1.54) is 12.1 Å². The van der Waals surface area contributed by atoms with Gasteiger partial charge in [0.05, 0.1) is 19.3 Å². The summed E-state index contributed by atoms with van der Waals surface area (Å²) in [4.78, 5) is 0. The van der Waals surface area contributed by atoms with E-state index in [0.29, 0.717) is 31.8 Å². The monoisotopic (exact) mass is 334 g/mol. The number of rotatable bonds is 10. The molecule has 0 fully saturated rings. The molecule has 0 aliphatic heterocycles. The van der Waals surface area contributed by atoms with Crippen LogP contribution in [0.1, 0.15) is 18.1 Å². The van der Waals surface area contributed by atoms with Gasteiger partial charge in [0.1, 0.15) is 5.82 Å². The topological polar surface area (TPSA) is 27.7 Å². The zero-order chi connectivity index (χ0) is 13.9. The van der Waals surface area contributed by atoms with Crippen LogP contribution in [0.2, 0.25) is 0 Å². The molecule has 0 saturated heterocycles. The first kappa shape index (κ1) is 16.6. The summed E-state index contributed by atoms with van der Waals surface area (Å²) in [6, 6.07) is 6.39. The fourth-order valence-electron chi connectivity index (χ4n) is 1.54. The lowest BCUT2D eigenvalue weighted by Gasteiger charge is -2.15. The molecule has 1 unspecified atom stereocenters. The van der Waals surface area contributed by atoms with Crippen LogP contribution in [-0.2, 0) is 14.2 Å². The second kappa shape index (κ2) is 10.3. The largest absolute Gasteiger partial charge is 0.382 e. The standard InChI is InChI=1S/C14H20BrFO3/c1-17-9-10-18-7-2-8-19-14(11-15)12-3-5-13(16)6-4-12/h3-6,14H,2,7-11H2,1H3. The number of hydrogen-bond acceptors (Lipinski definition) is 3. The van der Waals surface area contributed by atoms with E-state index in [-0.39, 0.29) is 11.9 Å². The first-order valence-electron chi connectivity index (χ1n) is 6.27. The van der Waals surface area contributed by atoms with Crippen molar-refractivity contribution in [3.05, 3.63) is 35.6 Å². The fraction of sp³-hybridized carbons (Fsp3) is 0.571. The Hall–Kier alpha value is -0.490. The molecule has 5 heteroatoms. The SMILES string of the molecule is COCCOCCCOC(CBr)c1ccc(F)cc1. The molecule has 19 heavy (non-hydrogen) atoms. The molecule has 0 N–H and O–H groups in total. The highest BCUT2D eigenvalue weighted by atomic mass is 79.9. The normalized spacial score (nSPS) is 12.6. The van der Waals surface area contributed by atoms with E-state index in [0.717, 1.165) is 12.0 Å². The molecule has 0 bridgehead atoms. The van der Waals surface area contributed by atoms with E-state index >= 15 is 0 Å². The fourth-order valence-corrected chi connectivity index (χ4v) is 2.10. The summed E-state index contributed by atoms with van der Waals surface area (Å²) in [6.07, 6.45) is 0.772. The van der Waals surface area contributed by atoms with Gasteiger partial charge >= 0.3 is 0 Å². The van der Waals surface area contributed by atoms with Crippen LogP contribution in [0.4, 0.5) is 4.39 Å². The molecule has 0 aliphatic carbocycles. The lowest BCUT2D eigenvalue weighted by molar-refractivity contribution is 0.0316. The minimum absolute atomic E-state index is 0.0559. The Balaban J connectivity index is 2.20. The van der Waals surface area contributed by atoms with E-state index in [9.17, 15) is 4.39 Å². The molecule has 1 aromatic rings. The van der Waals surface area contributed by atoms with Crippen molar-refractivity contribution >= 4 is 15.9 Å². The maximum atomic E-state index is 12.8. The van der Waals surface area contributed by atoms with Crippen LogP contribution in [0.3, 0.4) is 0 Å². The highest BCUT2D eigenvalue weighted by Crippen LogP contribution is 2.20. The van der Waals surface area contributed by atoms with Crippen molar-refractivity contribution in [1.29, 1.82) is 0 Å². The third kappa shape index (κ3) is 7.01. The highest BCUT2D eigenvalue weighted by Gasteiger charge is 2.10. The van der Waals surface area contributed by atoms with Crippen LogP contribution in [-0.4, -0.2) is 38.9 Å². The molecular formula is C14H20BrFO3. The third-order valence-corrected chi connectivity index (χ3v) is 3.15. The van der Waals surface area contributed by atoms with Crippen LogP contribution >= 0.6 is 15.9 Å². The van der Waals surface area contributed by atoms with Crippen molar-refractivity contribution < 1.29 is 18.6 Å². The Morgan fingerprint density at radius 2 is 1.84 bits per heavy atom. The van der Waals surface area contributed by atoms with E-state index in [1.54, 1.807) is 19.2 Å². The quantitative estimate of drug-likeness (QED) is 0.485. The minimum atomic E-state index is -0.233. The Bertz CT molecular complexity index is 332. The van der Waals surface area contributed by atoms with Gasteiger partial charge < -0.3 is 14.2 Å². The summed E-state index contributed by atoms with van der Waals surface area (Å²) in [5.41, 5.74) is 0.971. The molecular weight excluding hydrogens is 315 g/mol. The first-order chi connectivity index (χ1) is 9.27. The molecule has 0 spiro atoms. The van der Waals surface area contributed by atoms with Crippen molar-refractivity contribution in [1.82, 2.24) is 0 Å². The Morgan fingerprint density at radius 1 is 1.11 bits per heavy atom. The molecule has 0 saturated carbocycles. The van der Waals surface area contributed by atoms with Gasteiger partial charge in [-0.15, -0.1) is 0 Å². The molecule has 1 aromatic carbocycles. The van der Waals surface area contributed by atoms with E-state index in [4.69, 9.17) is 14.2 Å². The number of ether oxygens (including phenoxy) is 3. The van der Waals surface area contributed by atoms with Gasteiger partial charge in [0.2, 0.25) is 0 Å². The first-order valence-corrected chi connectivity index (χ1v) is 7.39. The second-order valence-corrected chi connectivity index (χ2v) is 4.67. The van der Waals surface area contributed by atoms with Crippen LogP contribution < -0.4 is 0 Å². The number of methoxy groups -OCH3 is 1. The summed E-state index contributed by atoms with van der Waals surface area (Å²) < 4.78 is 28.8. The van der Waals surface area contributed by atoms with Gasteiger partial charge in [-0.3, -0.25) is 0 Å². The lowest BCUT2D eigenvalue weighted by Crippen LogP contribution is -2.10. The lowest BCUT2D eigenvalue weighted by atomic mass is 10.1. The molecule has 1 rings (SSSR count). The maximum Gasteiger partial charge on any atom is 0.123 e. The van der Waals surface area contributed by atoms with Crippen molar-refractivity contribution in [3.8, 4) is 0 Å². The average molecular weight is 335 g/mol. The number of alkyl halides is 1. The third-order valence-electron chi connectivity index (χ3n) is 2.57. The van der Waals surface area contributed by atoms with Gasteiger partial charge in [-0.2, -0.15) is 0 Å². The van der Waals surface area contributed by atoms with Gasteiger partial charge in [0, 0.05) is 25.7 Å². The van der Waals surface area contributed by atoms with Gasteiger partial charge in [-0.1, -0.05) is 28.1 Å². The van der Waals surface area contributed by atoms with Crippen molar-refractivity contribution in [2.24, 2.45) is 0 Å². The summed E-state index contributed by atoms with van der Waals surface area (Å²) in [6.45, 7) is 2.49. The highest BCUT2D eigenvalue weighted by molar-refractivity contribution is 9.09. The van der Waals surface area contributed by atoms with E-state index in [2.05, 4.69) is 15.9 Å². The molecule has 3 nitrogen and oxygen atoms in total. The van der Waals surface area contributed by atoms with Crippen LogP contribution in [0, 0.1) is 5.82 Å². The Labute approximate surface area is 122 Å². The zero-order valence-electron chi connectivity index (χ0n) is 11.1.